The summed E-state index contributed by atoms with van der Waals surface area (Å²) in [5.41, 5.74) is 9.05. The lowest BCUT2D eigenvalue weighted by molar-refractivity contribution is 0.415. The molecule has 2 rings (SSSR count). The van der Waals surface area contributed by atoms with Crippen LogP contribution in [-0.4, -0.2) is 12.1 Å². The van der Waals surface area contributed by atoms with Gasteiger partial charge in [0.15, 0.2) is 0 Å². The number of aromatic nitrogens is 1. The summed E-state index contributed by atoms with van der Waals surface area (Å²) in [6.07, 6.45) is 2.70. The van der Waals surface area contributed by atoms with E-state index in [-0.39, 0.29) is 6.04 Å². The molecule has 0 radical (unpaired) electrons. The summed E-state index contributed by atoms with van der Waals surface area (Å²) in [6, 6.07) is 12.1. The van der Waals surface area contributed by atoms with Crippen LogP contribution in [0.25, 0.3) is 11.3 Å². The number of hydrogen-bond acceptors (Lipinski definition) is 3. The molecule has 2 N–H and O–H groups in total. The molecule has 0 aliphatic carbocycles. The van der Waals surface area contributed by atoms with E-state index in [0.29, 0.717) is 0 Å². The zero-order valence-corrected chi connectivity index (χ0v) is 10.8. The van der Waals surface area contributed by atoms with Crippen molar-refractivity contribution in [2.75, 3.05) is 7.11 Å². The molecule has 0 bridgehead atoms. The van der Waals surface area contributed by atoms with Crippen molar-refractivity contribution < 1.29 is 4.74 Å². The third kappa shape index (κ3) is 2.51. The minimum absolute atomic E-state index is 0.102. The molecule has 1 unspecified atom stereocenters. The van der Waals surface area contributed by atoms with Gasteiger partial charge in [-0.1, -0.05) is 31.2 Å². The average Bonchev–Trinajstić information content (AvgIpc) is 2.46. The first-order chi connectivity index (χ1) is 8.76. The first kappa shape index (κ1) is 12.6. The van der Waals surface area contributed by atoms with Crippen LogP contribution in [0.3, 0.4) is 0 Å². The van der Waals surface area contributed by atoms with Gasteiger partial charge in [0.2, 0.25) is 0 Å². The van der Waals surface area contributed by atoms with Gasteiger partial charge in [-0.05, 0) is 24.1 Å². The van der Waals surface area contributed by atoms with Gasteiger partial charge < -0.3 is 10.5 Å². The van der Waals surface area contributed by atoms with Gasteiger partial charge in [0.05, 0.1) is 7.11 Å². The monoisotopic (exact) mass is 242 g/mol. The van der Waals surface area contributed by atoms with Gasteiger partial charge >= 0.3 is 0 Å². The third-order valence-corrected chi connectivity index (χ3v) is 3.04. The maximum atomic E-state index is 6.00. The van der Waals surface area contributed by atoms with E-state index < -0.39 is 0 Å². The molecule has 1 heterocycles. The Labute approximate surface area is 108 Å². The zero-order chi connectivity index (χ0) is 13.0. The highest BCUT2D eigenvalue weighted by Gasteiger charge is 2.08. The van der Waals surface area contributed by atoms with Crippen molar-refractivity contribution in [1.82, 2.24) is 4.98 Å². The van der Waals surface area contributed by atoms with Crippen LogP contribution in [0.15, 0.2) is 42.6 Å². The molecule has 18 heavy (non-hydrogen) atoms. The van der Waals surface area contributed by atoms with Crippen LogP contribution in [0.4, 0.5) is 0 Å². The molecule has 3 nitrogen and oxygen atoms in total. The second kappa shape index (κ2) is 5.65. The number of benzene rings is 1. The van der Waals surface area contributed by atoms with Crippen molar-refractivity contribution in [3.05, 3.63) is 48.2 Å². The lowest BCUT2D eigenvalue weighted by atomic mass is 10.0. The first-order valence-electron chi connectivity index (χ1n) is 6.11. The normalized spacial score (nSPS) is 12.2. The van der Waals surface area contributed by atoms with Gasteiger partial charge in [-0.2, -0.15) is 0 Å². The molecule has 0 saturated carbocycles. The fourth-order valence-electron chi connectivity index (χ4n) is 1.90. The number of pyridine rings is 1. The van der Waals surface area contributed by atoms with Gasteiger partial charge in [-0.25, -0.2) is 0 Å². The fourth-order valence-corrected chi connectivity index (χ4v) is 1.90. The van der Waals surface area contributed by atoms with Crippen molar-refractivity contribution in [1.29, 1.82) is 0 Å². The molecule has 0 saturated heterocycles. The van der Waals surface area contributed by atoms with Crippen LogP contribution < -0.4 is 10.5 Å². The minimum Gasteiger partial charge on any atom is -0.494 e. The van der Waals surface area contributed by atoms with Crippen LogP contribution >= 0.6 is 0 Å². The third-order valence-electron chi connectivity index (χ3n) is 3.04. The number of rotatable bonds is 4. The second-order valence-corrected chi connectivity index (χ2v) is 4.19. The summed E-state index contributed by atoms with van der Waals surface area (Å²) < 4.78 is 5.31. The van der Waals surface area contributed by atoms with Crippen LogP contribution in [0.2, 0.25) is 0 Å². The minimum atomic E-state index is 0.102. The predicted octanol–water partition coefficient (Wildman–Crippen LogP) is 3.17. The number of ether oxygens (including phenoxy) is 1. The van der Waals surface area contributed by atoms with Gasteiger partial charge in [-0.3, -0.25) is 4.98 Å². The zero-order valence-electron chi connectivity index (χ0n) is 10.8. The van der Waals surface area contributed by atoms with Gasteiger partial charge in [0, 0.05) is 17.8 Å². The van der Waals surface area contributed by atoms with Crippen LogP contribution in [0.1, 0.15) is 24.9 Å². The maximum absolute atomic E-state index is 6.00. The number of nitrogens with zero attached hydrogens (tertiary/aromatic N) is 1. The maximum Gasteiger partial charge on any atom is 0.145 e. The molecule has 1 atom stereocenters. The molecule has 0 fully saturated rings. The number of nitrogens with two attached hydrogens (primary N) is 1. The molecule has 94 valence electrons. The largest absolute Gasteiger partial charge is 0.494 e. The van der Waals surface area contributed by atoms with Gasteiger partial charge in [0.25, 0.3) is 0 Å². The standard InChI is InChI=1S/C15H18N2O/c1-3-13(16)11-6-8-12(9-7-11)15-14(18-2)5-4-10-17-15/h4-10,13H,3,16H2,1-2H3. The van der Waals surface area contributed by atoms with Crippen molar-refractivity contribution >= 4 is 0 Å². The van der Waals surface area contributed by atoms with E-state index in [1.165, 1.54) is 0 Å². The molecule has 2 aromatic rings. The molecule has 0 aliphatic heterocycles. The Morgan fingerprint density at radius 3 is 2.56 bits per heavy atom. The Bertz CT molecular complexity index is 508. The van der Waals surface area contributed by atoms with Crippen LogP contribution in [0, 0.1) is 0 Å². The van der Waals surface area contributed by atoms with Crippen molar-refractivity contribution in [3.63, 3.8) is 0 Å². The molecular weight excluding hydrogens is 224 g/mol. The summed E-state index contributed by atoms with van der Waals surface area (Å²) in [5, 5.41) is 0. The second-order valence-electron chi connectivity index (χ2n) is 4.19. The lowest BCUT2D eigenvalue weighted by Gasteiger charge is -2.11. The summed E-state index contributed by atoms with van der Waals surface area (Å²) >= 11 is 0. The Hall–Kier alpha value is -1.87. The van der Waals surface area contributed by atoms with Crippen molar-refractivity contribution in [3.8, 4) is 17.0 Å². The number of methoxy groups -OCH3 is 1. The molecule has 0 aliphatic rings. The predicted molar refractivity (Wildman–Crippen MR) is 73.4 cm³/mol. The topological polar surface area (TPSA) is 48.1 Å². The Morgan fingerprint density at radius 2 is 1.94 bits per heavy atom. The highest BCUT2D eigenvalue weighted by Crippen LogP contribution is 2.28. The molecule has 3 heteroatoms. The van der Waals surface area contributed by atoms with E-state index in [9.17, 15) is 0 Å². The van der Waals surface area contributed by atoms with E-state index in [1.54, 1.807) is 13.3 Å². The Morgan fingerprint density at radius 1 is 1.22 bits per heavy atom. The first-order valence-corrected chi connectivity index (χ1v) is 6.11. The Balaban J connectivity index is 2.34. The van der Waals surface area contributed by atoms with E-state index in [4.69, 9.17) is 10.5 Å². The highest BCUT2D eigenvalue weighted by atomic mass is 16.5. The molecular formula is C15H18N2O. The summed E-state index contributed by atoms with van der Waals surface area (Å²) in [6.45, 7) is 2.08. The van der Waals surface area contributed by atoms with Crippen LogP contribution in [0.5, 0.6) is 5.75 Å². The van der Waals surface area contributed by atoms with E-state index in [2.05, 4.69) is 24.0 Å². The van der Waals surface area contributed by atoms with Gasteiger partial charge in [0.1, 0.15) is 11.4 Å². The highest BCUT2D eigenvalue weighted by molar-refractivity contribution is 5.66. The molecule has 1 aromatic carbocycles. The molecule has 0 amide bonds. The lowest BCUT2D eigenvalue weighted by Crippen LogP contribution is -2.08. The van der Waals surface area contributed by atoms with Crippen molar-refractivity contribution in [2.45, 2.75) is 19.4 Å². The van der Waals surface area contributed by atoms with E-state index in [0.717, 1.165) is 29.0 Å². The van der Waals surface area contributed by atoms with Gasteiger partial charge in [-0.15, -0.1) is 0 Å². The average molecular weight is 242 g/mol. The van der Waals surface area contributed by atoms with Crippen LogP contribution in [-0.2, 0) is 0 Å². The number of hydrogen-bond donors (Lipinski definition) is 1. The fraction of sp³-hybridized carbons (Fsp3) is 0.267. The van der Waals surface area contributed by atoms with E-state index in [1.807, 2.05) is 24.3 Å². The molecule has 0 spiro atoms. The smallest absolute Gasteiger partial charge is 0.145 e. The quantitative estimate of drug-likeness (QED) is 0.895. The Kier molecular flexibility index (Phi) is 3.95. The van der Waals surface area contributed by atoms with Crippen molar-refractivity contribution in [2.24, 2.45) is 5.73 Å². The van der Waals surface area contributed by atoms with E-state index >= 15 is 0 Å². The molecule has 1 aromatic heterocycles. The SMILES string of the molecule is CCC(N)c1ccc(-c2ncccc2OC)cc1. The summed E-state index contributed by atoms with van der Waals surface area (Å²) in [7, 11) is 1.65. The summed E-state index contributed by atoms with van der Waals surface area (Å²) in [5.74, 6) is 0.782. The summed E-state index contributed by atoms with van der Waals surface area (Å²) in [4.78, 5) is 4.36.